The van der Waals surface area contributed by atoms with Crippen LogP contribution < -0.4 is 5.73 Å². The van der Waals surface area contributed by atoms with Crippen molar-refractivity contribution < 1.29 is 18.0 Å². The second kappa shape index (κ2) is 6.23. The molecule has 0 bridgehead atoms. The zero-order chi connectivity index (χ0) is 16.5. The maximum absolute atomic E-state index is 13.0. The van der Waals surface area contributed by atoms with E-state index in [1.54, 1.807) is 11.8 Å². The lowest BCUT2D eigenvalue weighted by atomic mass is 9.95. The van der Waals surface area contributed by atoms with Gasteiger partial charge in [0.15, 0.2) is 0 Å². The van der Waals surface area contributed by atoms with Crippen LogP contribution in [-0.2, 0) is 17.9 Å². The molecule has 1 aliphatic heterocycles. The van der Waals surface area contributed by atoms with Gasteiger partial charge < -0.3 is 10.3 Å². The van der Waals surface area contributed by atoms with Crippen LogP contribution in [0.5, 0.6) is 0 Å². The summed E-state index contributed by atoms with van der Waals surface area (Å²) in [5.41, 5.74) is 5.12. The van der Waals surface area contributed by atoms with Crippen molar-refractivity contribution >= 4 is 5.91 Å². The highest BCUT2D eigenvalue weighted by Crippen LogP contribution is 2.37. The average molecular weight is 319 g/mol. The molecular formula is C13H20F3N5O. The second-order valence-corrected chi connectivity index (χ2v) is 5.67. The smallest absolute Gasteiger partial charge is 0.369 e. The molecule has 0 spiro atoms. The van der Waals surface area contributed by atoms with E-state index in [9.17, 15) is 18.0 Å². The van der Waals surface area contributed by atoms with Gasteiger partial charge in [0, 0.05) is 19.6 Å². The van der Waals surface area contributed by atoms with Gasteiger partial charge in [-0.15, -0.1) is 10.2 Å². The van der Waals surface area contributed by atoms with Crippen molar-refractivity contribution in [3.8, 4) is 0 Å². The standard InChI is InChI=1S/C13H20F3N5O/c1-3-4-21-8(2)18-19-11(21)7-20-5-9(12(17)22)10(6-20)13(14,15)16/h9-10H,3-7H2,1-2H3,(H2,17,22)/t9-,10-/m1/s1. The lowest BCUT2D eigenvalue weighted by Crippen LogP contribution is -2.37. The number of amides is 1. The van der Waals surface area contributed by atoms with Crippen molar-refractivity contribution in [1.29, 1.82) is 0 Å². The third-order valence-corrected chi connectivity index (χ3v) is 4.01. The SMILES string of the molecule is CCCn1c(C)nnc1CN1C[C@@H](C(F)(F)F)[C@H](C(N)=O)C1. The van der Waals surface area contributed by atoms with Crippen molar-refractivity contribution in [2.24, 2.45) is 17.6 Å². The molecule has 1 fully saturated rings. The van der Waals surface area contributed by atoms with Crippen molar-refractivity contribution in [3.63, 3.8) is 0 Å². The highest BCUT2D eigenvalue weighted by molar-refractivity contribution is 5.77. The summed E-state index contributed by atoms with van der Waals surface area (Å²) in [4.78, 5) is 12.9. The number of halogens is 3. The van der Waals surface area contributed by atoms with Gasteiger partial charge in [0.1, 0.15) is 11.6 Å². The van der Waals surface area contributed by atoms with E-state index < -0.39 is 23.9 Å². The van der Waals surface area contributed by atoms with Crippen molar-refractivity contribution in [2.75, 3.05) is 13.1 Å². The quantitative estimate of drug-likeness (QED) is 0.881. The molecule has 0 aromatic carbocycles. The molecule has 2 heterocycles. The Kier molecular flexibility index (Phi) is 4.74. The summed E-state index contributed by atoms with van der Waals surface area (Å²) in [6, 6.07) is 0. The van der Waals surface area contributed by atoms with Gasteiger partial charge in [-0.25, -0.2) is 0 Å². The molecule has 2 N–H and O–H groups in total. The van der Waals surface area contributed by atoms with Crippen LogP contribution in [-0.4, -0.2) is 44.8 Å². The number of primary amides is 1. The van der Waals surface area contributed by atoms with Gasteiger partial charge in [-0.3, -0.25) is 9.69 Å². The number of carbonyl (C=O) groups excluding carboxylic acids is 1. The Morgan fingerprint density at radius 3 is 2.55 bits per heavy atom. The first kappa shape index (κ1) is 16.7. The minimum atomic E-state index is -4.43. The number of nitrogens with two attached hydrogens (primary N) is 1. The molecule has 22 heavy (non-hydrogen) atoms. The first-order chi connectivity index (χ1) is 10.2. The Balaban J connectivity index is 2.13. The third-order valence-electron chi connectivity index (χ3n) is 4.01. The van der Waals surface area contributed by atoms with Gasteiger partial charge in [-0.2, -0.15) is 13.2 Å². The third kappa shape index (κ3) is 3.40. The molecule has 6 nitrogen and oxygen atoms in total. The normalized spacial score (nSPS) is 23.1. The summed E-state index contributed by atoms with van der Waals surface area (Å²) in [6.45, 7) is 4.51. The van der Waals surface area contributed by atoms with Crippen LogP contribution in [0.25, 0.3) is 0 Å². The summed E-state index contributed by atoms with van der Waals surface area (Å²) in [6.07, 6.45) is -3.55. The number of likely N-dealkylation sites (tertiary alicyclic amines) is 1. The van der Waals surface area contributed by atoms with E-state index in [1.165, 1.54) is 0 Å². The Bertz CT molecular complexity index is 542. The monoisotopic (exact) mass is 319 g/mol. The first-order valence-electron chi connectivity index (χ1n) is 7.21. The highest BCUT2D eigenvalue weighted by Gasteiger charge is 2.51. The van der Waals surface area contributed by atoms with Gasteiger partial charge in [0.2, 0.25) is 5.91 Å². The molecule has 0 aliphatic carbocycles. The van der Waals surface area contributed by atoms with Crippen LogP contribution in [0.4, 0.5) is 13.2 Å². The molecule has 9 heteroatoms. The van der Waals surface area contributed by atoms with E-state index in [-0.39, 0.29) is 19.6 Å². The lowest BCUT2D eigenvalue weighted by Gasteiger charge is -2.18. The Morgan fingerprint density at radius 2 is 2.05 bits per heavy atom. The minimum absolute atomic E-state index is 0.00244. The van der Waals surface area contributed by atoms with E-state index in [1.807, 2.05) is 11.5 Å². The Hall–Kier alpha value is -1.64. The minimum Gasteiger partial charge on any atom is -0.369 e. The van der Waals surface area contributed by atoms with Gasteiger partial charge in [0.05, 0.1) is 18.4 Å². The van der Waals surface area contributed by atoms with Gasteiger partial charge >= 0.3 is 6.18 Å². The van der Waals surface area contributed by atoms with Gasteiger partial charge in [-0.1, -0.05) is 6.92 Å². The Labute approximate surface area is 126 Å². The molecule has 1 amide bonds. The van der Waals surface area contributed by atoms with Crippen LogP contribution in [0, 0.1) is 18.8 Å². The van der Waals surface area contributed by atoms with E-state index in [2.05, 4.69) is 10.2 Å². The summed E-state index contributed by atoms with van der Waals surface area (Å²) < 4.78 is 40.9. The molecule has 2 atom stereocenters. The Morgan fingerprint density at radius 1 is 1.36 bits per heavy atom. The van der Waals surface area contributed by atoms with Crippen LogP contribution in [0.15, 0.2) is 0 Å². The number of rotatable bonds is 5. The predicted octanol–water partition coefficient (Wildman–Crippen LogP) is 1.09. The number of aromatic nitrogens is 3. The zero-order valence-corrected chi connectivity index (χ0v) is 12.6. The van der Waals surface area contributed by atoms with E-state index in [0.29, 0.717) is 12.4 Å². The maximum atomic E-state index is 13.0. The van der Waals surface area contributed by atoms with Crippen molar-refractivity contribution in [2.45, 2.75) is 39.5 Å². The topological polar surface area (TPSA) is 77.0 Å². The second-order valence-electron chi connectivity index (χ2n) is 5.67. The number of aryl methyl sites for hydroxylation is 1. The van der Waals surface area contributed by atoms with E-state index >= 15 is 0 Å². The van der Waals surface area contributed by atoms with Crippen LogP contribution in [0.2, 0.25) is 0 Å². The van der Waals surface area contributed by atoms with Crippen LogP contribution in [0.3, 0.4) is 0 Å². The summed E-state index contributed by atoms with van der Waals surface area (Å²) in [5.74, 6) is -2.48. The van der Waals surface area contributed by atoms with Crippen LogP contribution >= 0.6 is 0 Å². The van der Waals surface area contributed by atoms with Crippen LogP contribution in [0.1, 0.15) is 25.0 Å². The molecule has 0 unspecified atom stereocenters. The summed E-state index contributed by atoms with van der Waals surface area (Å²) in [5, 5.41) is 8.00. The highest BCUT2D eigenvalue weighted by atomic mass is 19.4. The fraction of sp³-hybridized carbons (Fsp3) is 0.769. The molecule has 1 saturated heterocycles. The first-order valence-corrected chi connectivity index (χ1v) is 7.21. The fourth-order valence-electron chi connectivity index (χ4n) is 2.89. The number of hydrogen-bond acceptors (Lipinski definition) is 4. The molecule has 0 radical (unpaired) electrons. The molecule has 2 rings (SSSR count). The summed E-state index contributed by atoms with van der Waals surface area (Å²) in [7, 11) is 0. The molecule has 1 aliphatic rings. The molecule has 0 saturated carbocycles. The molecule has 1 aromatic rings. The maximum Gasteiger partial charge on any atom is 0.393 e. The largest absolute Gasteiger partial charge is 0.393 e. The number of alkyl halides is 3. The molecule has 1 aromatic heterocycles. The van der Waals surface area contributed by atoms with E-state index in [0.717, 1.165) is 12.2 Å². The average Bonchev–Trinajstić information content (AvgIpc) is 2.97. The number of nitrogens with zero attached hydrogens (tertiary/aromatic N) is 4. The number of carbonyl (C=O) groups is 1. The van der Waals surface area contributed by atoms with Crippen molar-refractivity contribution in [1.82, 2.24) is 19.7 Å². The van der Waals surface area contributed by atoms with Crippen molar-refractivity contribution in [3.05, 3.63) is 11.6 Å². The predicted molar refractivity (Wildman–Crippen MR) is 72.6 cm³/mol. The molecular weight excluding hydrogens is 299 g/mol. The molecule has 124 valence electrons. The number of hydrogen-bond donors (Lipinski definition) is 1. The van der Waals surface area contributed by atoms with E-state index in [4.69, 9.17) is 5.73 Å². The summed E-state index contributed by atoms with van der Waals surface area (Å²) >= 11 is 0. The fourth-order valence-corrected chi connectivity index (χ4v) is 2.89. The van der Waals surface area contributed by atoms with Gasteiger partial charge in [0.25, 0.3) is 0 Å². The van der Waals surface area contributed by atoms with Gasteiger partial charge in [-0.05, 0) is 13.3 Å². The zero-order valence-electron chi connectivity index (χ0n) is 12.6. The lowest BCUT2D eigenvalue weighted by molar-refractivity contribution is -0.182.